The normalized spacial score (nSPS) is 10.7. The highest BCUT2D eigenvalue weighted by Crippen LogP contribution is 2.26. The van der Waals surface area contributed by atoms with Crippen LogP contribution in [-0.2, 0) is 14.4 Å². The van der Waals surface area contributed by atoms with Crippen molar-refractivity contribution in [3.05, 3.63) is 53.6 Å². The number of ether oxygens (including phenoxy) is 3. The van der Waals surface area contributed by atoms with Gasteiger partial charge >= 0.3 is 17.9 Å². The van der Waals surface area contributed by atoms with Crippen molar-refractivity contribution < 1.29 is 28.6 Å². The molecule has 0 aliphatic rings. The molecule has 2 aromatic rings. The molecule has 2 aromatic carbocycles. The number of esters is 3. The van der Waals surface area contributed by atoms with E-state index < -0.39 is 0 Å². The van der Waals surface area contributed by atoms with E-state index >= 15 is 0 Å². The van der Waals surface area contributed by atoms with Crippen LogP contribution in [0.4, 0.5) is 0 Å². The van der Waals surface area contributed by atoms with Crippen LogP contribution >= 0.6 is 0 Å². The standard InChI is InChI=1S/C26H30O6/c1-4-7-24(27)30-21-14-12-19(13-15-21)10-11-20-16-22(31-25(28)8-5-2)18-23(17-20)32-26(29)9-6-3/h10-18H,4-9H2,1-3H3/b11-10+. The smallest absolute Gasteiger partial charge is 0.311 e. The van der Waals surface area contributed by atoms with Gasteiger partial charge in [-0.2, -0.15) is 0 Å². The van der Waals surface area contributed by atoms with Gasteiger partial charge in [-0.05, 0) is 54.7 Å². The Balaban J connectivity index is 2.18. The average Bonchev–Trinajstić information content (AvgIpc) is 2.73. The first kappa shape index (κ1) is 24.9. The minimum atomic E-state index is -0.340. The molecule has 0 aliphatic carbocycles. The Labute approximate surface area is 189 Å². The Morgan fingerprint density at radius 1 is 0.594 bits per heavy atom. The second kappa shape index (κ2) is 13.1. The summed E-state index contributed by atoms with van der Waals surface area (Å²) < 4.78 is 16.0. The van der Waals surface area contributed by atoms with Crippen molar-refractivity contribution >= 4 is 30.1 Å². The van der Waals surface area contributed by atoms with E-state index in [1.165, 1.54) is 6.07 Å². The lowest BCUT2D eigenvalue weighted by atomic mass is 10.1. The Kier molecular flexibility index (Phi) is 10.2. The van der Waals surface area contributed by atoms with Crippen molar-refractivity contribution in [2.75, 3.05) is 0 Å². The van der Waals surface area contributed by atoms with E-state index in [4.69, 9.17) is 14.2 Å². The van der Waals surface area contributed by atoms with E-state index in [-0.39, 0.29) is 17.9 Å². The monoisotopic (exact) mass is 438 g/mol. The van der Waals surface area contributed by atoms with E-state index in [9.17, 15) is 14.4 Å². The lowest BCUT2D eigenvalue weighted by Crippen LogP contribution is -2.09. The predicted molar refractivity (Wildman–Crippen MR) is 123 cm³/mol. The first-order valence-electron chi connectivity index (χ1n) is 11.0. The SMILES string of the molecule is CCCC(=O)Oc1ccc(/C=C/c2cc(OC(=O)CCC)cc(OC(=O)CCC)c2)cc1. The van der Waals surface area contributed by atoms with Crippen LogP contribution in [0.2, 0.25) is 0 Å². The van der Waals surface area contributed by atoms with E-state index in [2.05, 4.69) is 0 Å². The molecule has 0 N–H and O–H groups in total. The molecule has 0 bridgehead atoms. The summed E-state index contributed by atoms with van der Waals surface area (Å²) in [7, 11) is 0. The first-order chi connectivity index (χ1) is 15.4. The van der Waals surface area contributed by atoms with Crippen LogP contribution in [0.1, 0.15) is 70.4 Å². The third kappa shape index (κ3) is 8.76. The topological polar surface area (TPSA) is 78.9 Å². The summed E-state index contributed by atoms with van der Waals surface area (Å²) in [5, 5.41) is 0. The summed E-state index contributed by atoms with van der Waals surface area (Å²) in [5.41, 5.74) is 1.60. The molecule has 32 heavy (non-hydrogen) atoms. The number of rotatable bonds is 11. The van der Waals surface area contributed by atoms with Crippen LogP contribution in [0.3, 0.4) is 0 Å². The zero-order valence-corrected chi connectivity index (χ0v) is 18.9. The molecule has 0 saturated carbocycles. The Morgan fingerprint density at radius 2 is 1.00 bits per heavy atom. The molecule has 0 aliphatic heterocycles. The summed E-state index contributed by atoms with van der Waals surface area (Å²) in [6.45, 7) is 5.72. The third-order valence-corrected chi connectivity index (χ3v) is 4.31. The van der Waals surface area contributed by atoms with Crippen LogP contribution in [0.15, 0.2) is 42.5 Å². The maximum atomic E-state index is 11.9. The van der Waals surface area contributed by atoms with Gasteiger partial charge in [0.05, 0.1) is 0 Å². The zero-order chi connectivity index (χ0) is 23.3. The van der Waals surface area contributed by atoms with Gasteiger partial charge in [-0.3, -0.25) is 14.4 Å². The number of carbonyl (C=O) groups is 3. The minimum Gasteiger partial charge on any atom is -0.427 e. The average molecular weight is 439 g/mol. The molecule has 0 radical (unpaired) electrons. The summed E-state index contributed by atoms with van der Waals surface area (Å²) in [6.07, 6.45) is 6.78. The van der Waals surface area contributed by atoms with Crippen LogP contribution in [-0.4, -0.2) is 17.9 Å². The fraction of sp³-hybridized carbons (Fsp3) is 0.346. The molecule has 0 heterocycles. The number of hydrogen-bond acceptors (Lipinski definition) is 6. The van der Waals surface area contributed by atoms with E-state index in [1.54, 1.807) is 24.3 Å². The Hall–Kier alpha value is -3.41. The molecule has 2 rings (SSSR count). The molecule has 0 aromatic heterocycles. The van der Waals surface area contributed by atoms with Gasteiger partial charge in [-0.15, -0.1) is 0 Å². The highest BCUT2D eigenvalue weighted by molar-refractivity contribution is 5.77. The molecular weight excluding hydrogens is 408 g/mol. The van der Waals surface area contributed by atoms with Gasteiger partial charge < -0.3 is 14.2 Å². The van der Waals surface area contributed by atoms with Crippen LogP contribution in [0, 0.1) is 0 Å². The lowest BCUT2D eigenvalue weighted by Gasteiger charge is -2.09. The molecule has 0 saturated heterocycles. The summed E-state index contributed by atoms with van der Waals surface area (Å²) in [5.74, 6) is 0.206. The minimum absolute atomic E-state index is 0.254. The number of hydrogen-bond donors (Lipinski definition) is 0. The number of benzene rings is 2. The van der Waals surface area contributed by atoms with E-state index in [0.717, 1.165) is 12.0 Å². The van der Waals surface area contributed by atoms with E-state index in [1.807, 2.05) is 45.1 Å². The summed E-state index contributed by atoms with van der Waals surface area (Å²) in [6, 6.07) is 12.1. The second-order valence-electron chi connectivity index (χ2n) is 7.31. The van der Waals surface area contributed by atoms with Crippen molar-refractivity contribution in [2.45, 2.75) is 59.3 Å². The molecule has 6 nitrogen and oxygen atoms in total. The molecule has 0 atom stereocenters. The number of carbonyl (C=O) groups excluding carboxylic acids is 3. The van der Waals surface area contributed by atoms with Gasteiger partial charge in [0.25, 0.3) is 0 Å². The highest BCUT2D eigenvalue weighted by atomic mass is 16.5. The second-order valence-corrected chi connectivity index (χ2v) is 7.31. The molecule has 6 heteroatoms. The van der Waals surface area contributed by atoms with Crippen molar-refractivity contribution in [2.24, 2.45) is 0 Å². The molecule has 0 amide bonds. The lowest BCUT2D eigenvalue weighted by molar-refractivity contribution is -0.135. The molecule has 0 fully saturated rings. The maximum Gasteiger partial charge on any atom is 0.311 e. The molecule has 0 spiro atoms. The highest BCUT2D eigenvalue weighted by Gasteiger charge is 2.10. The molecule has 0 unspecified atom stereocenters. The van der Waals surface area contributed by atoms with Gasteiger partial charge in [0.1, 0.15) is 17.2 Å². The zero-order valence-electron chi connectivity index (χ0n) is 18.9. The van der Waals surface area contributed by atoms with Gasteiger partial charge in [-0.25, -0.2) is 0 Å². The fourth-order valence-corrected chi connectivity index (χ4v) is 2.81. The largest absolute Gasteiger partial charge is 0.427 e. The Morgan fingerprint density at radius 3 is 1.44 bits per heavy atom. The van der Waals surface area contributed by atoms with Crippen molar-refractivity contribution in [3.8, 4) is 17.2 Å². The van der Waals surface area contributed by atoms with Crippen molar-refractivity contribution in [1.82, 2.24) is 0 Å². The molecule has 170 valence electrons. The third-order valence-electron chi connectivity index (χ3n) is 4.31. The van der Waals surface area contributed by atoms with Gasteiger partial charge in [0.15, 0.2) is 0 Å². The summed E-state index contributed by atoms with van der Waals surface area (Å²) >= 11 is 0. The van der Waals surface area contributed by atoms with Crippen LogP contribution in [0.5, 0.6) is 17.2 Å². The first-order valence-corrected chi connectivity index (χ1v) is 11.0. The fourth-order valence-electron chi connectivity index (χ4n) is 2.81. The summed E-state index contributed by atoms with van der Waals surface area (Å²) in [4.78, 5) is 35.4. The van der Waals surface area contributed by atoms with Crippen molar-refractivity contribution in [1.29, 1.82) is 0 Å². The van der Waals surface area contributed by atoms with Crippen molar-refractivity contribution in [3.63, 3.8) is 0 Å². The van der Waals surface area contributed by atoms with Gasteiger partial charge in [-0.1, -0.05) is 45.1 Å². The van der Waals surface area contributed by atoms with Crippen LogP contribution < -0.4 is 14.2 Å². The maximum absolute atomic E-state index is 11.9. The van der Waals surface area contributed by atoms with Gasteiger partial charge in [0, 0.05) is 25.3 Å². The van der Waals surface area contributed by atoms with Crippen LogP contribution in [0.25, 0.3) is 12.2 Å². The van der Waals surface area contributed by atoms with Gasteiger partial charge in [0.2, 0.25) is 0 Å². The predicted octanol–water partition coefficient (Wildman–Crippen LogP) is 5.97. The Bertz CT molecular complexity index is 905. The quantitative estimate of drug-likeness (QED) is 0.244. The molecular formula is C26H30O6. The van der Waals surface area contributed by atoms with E-state index in [0.29, 0.717) is 54.9 Å².